The first-order valence-electron chi connectivity index (χ1n) is 22.2. The standard InChI is InChI=1S/6C6H6.3C3H8.6C2H6.12CH3.12Y/c6*1-2-4-6-5-3-1;3*1-3-2;6*1-2;;;;;;;;;;;;;;;;;;;;;;;;/h6*1-6H;3*3H2,1-2H3;6*1-2H3;12*1H3;;;;;;;;;;;;/q;;;;;;;;;;;;;;;12*-1;;;;;;;;;;;;. The van der Waals surface area contributed by atoms with Crippen LogP contribution in [0, 0.1) is 89.1 Å². The Morgan fingerprint density at radius 2 is 0.123 bits per heavy atom. The molecule has 0 aliphatic heterocycles. The second kappa shape index (κ2) is 300. The number of benzene rings is 6. The van der Waals surface area contributed by atoms with Crippen molar-refractivity contribution in [1.82, 2.24) is 0 Å². The first-order valence-corrected chi connectivity index (χ1v) is 22.2. The summed E-state index contributed by atoms with van der Waals surface area (Å²) in [5.41, 5.74) is 0. The van der Waals surface area contributed by atoms with Gasteiger partial charge < -0.3 is 89.1 Å². The summed E-state index contributed by atoms with van der Waals surface area (Å²) in [6, 6.07) is 72.0. The van der Waals surface area contributed by atoms with Crippen molar-refractivity contribution in [2.75, 3.05) is 0 Å². The molecule has 81 heavy (non-hydrogen) atoms. The van der Waals surface area contributed by atoms with Crippen LogP contribution in [0.1, 0.15) is 144 Å². The molecule has 0 aromatic heterocycles. The third-order valence-electron chi connectivity index (χ3n) is 4.00. The van der Waals surface area contributed by atoms with E-state index in [2.05, 4.69) is 41.5 Å². The van der Waals surface area contributed by atoms with E-state index < -0.39 is 0 Å². The van der Waals surface area contributed by atoms with Crippen molar-refractivity contribution in [3.8, 4) is 0 Å². The van der Waals surface area contributed by atoms with Gasteiger partial charge in [-0.25, -0.2) is 0 Å². The Hall–Kier alpha value is 8.57. The molecule has 0 aliphatic rings. The van der Waals surface area contributed by atoms with Gasteiger partial charge in [0.15, 0.2) is 0 Å². The van der Waals surface area contributed by atoms with Crippen molar-refractivity contribution in [2.24, 2.45) is 0 Å². The first-order chi connectivity index (χ1) is 28.2. The van der Waals surface area contributed by atoms with Crippen LogP contribution in [-0.2, 0) is 393 Å². The van der Waals surface area contributed by atoms with Gasteiger partial charge in [0.2, 0.25) is 0 Å². The summed E-state index contributed by atoms with van der Waals surface area (Å²) >= 11 is 0. The van der Waals surface area contributed by atoms with Gasteiger partial charge in [-0.2, -0.15) is 0 Å². The molecule has 6 aromatic rings. The molecule has 0 amide bonds. The molecular weight excluding hydrogens is 1900 g/mol. The molecule has 6 rings (SSSR count). The third-order valence-corrected chi connectivity index (χ3v) is 4.00. The van der Waals surface area contributed by atoms with Crippen LogP contribution in [-0.4, -0.2) is 0 Å². The van der Waals surface area contributed by atoms with E-state index in [1.165, 1.54) is 19.3 Å². The molecule has 0 saturated heterocycles. The molecule has 6 aromatic carbocycles. The summed E-state index contributed by atoms with van der Waals surface area (Å²) in [6.07, 6.45) is 3.75. The van der Waals surface area contributed by atoms with Crippen LogP contribution in [0.15, 0.2) is 218 Å². The van der Waals surface area contributed by atoms with Crippen LogP contribution >= 0.6 is 0 Å². The Bertz CT molecular complexity index is 768. The van der Waals surface area contributed by atoms with Gasteiger partial charge in [0.05, 0.1) is 0 Å². The van der Waals surface area contributed by atoms with E-state index in [4.69, 9.17) is 0 Å². The molecule has 0 aliphatic carbocycles. The van der Waals surface area contributed by atoms with E-state index in [9.17, 15) is 0 Å². The fourth-order valence-electron chi connectivity index (χ4n) is 2.31. The van der Waals surface area contributed by atoms with Crippen LogP contribution in [0.5, 0.6) is 0 Å². The van der Waals surface area contributed by atoms with Crippen molar-refractivity contribution in [1.29, 1.82) is 0 Å². The molecular formula is C69H132Y12-12. The molecule has 12 heteroatoms. The maximum atomic E-state index is 2.12. The monoisotopic (exact) mass is 2030 g/mol. The summed E-state index contributed by atoms with van der Waals surface area (Å²) in [6.45, 7) is 36.8. The Kier molecular flexibility index (Phi) is 814. The molecule has 0 saturated carbocycles. The molecule has 0 N–H and O–H groups in total. The van der Waals surface area contributed by atoms with E-state index in [1.54, 1.807) is 0 Å². The summed E-state index contributed by atoms with van der Waals surface area (Å²) in [5.74, 6) is 0. The predicted molar refractivity (Wildman–Crippen MR) is 352 cm³/mol. The van der Waals surface area contributed by atoms with E-state index in [-0.39, 0.29) is 482 Å². The Balaban J connectivity index is -0.00000000980. The number of hydrogen-bond acceptors (Lipinski definition) is 0. The molecule has 456 valence electrons. The van der Waals surface area contributed by atoms with Crippen molar-refractivity contribution >= 4 is 0 Å². The second-order valence-corrected chi connectivity index (χ2v) is 9.05. The van der Waals surface area contributed by atoms with Gasteiger partial charge in [-0.05, 0) is 0 Å². The average Bonchev–Trinajstić information content (AvgIpc) is 3.35. The van der Waals surface area contributed by atoms with E-state index in [1.807, 2.05) is 301 Å². The fourth-order valence-corrected chi connectivity index (χ4v) is 2.31. The van der Waals surface area contributed by atoms with Crippen LogP contribution in [0.25, 0.3) is 0 Å². The van der Waals surface area contributed by atoms with Crippen LogP contribution < -0.4 is 0 Å². The van der Waals surface area contributed by atoms with Gasteiger partial charge in [0.25, 0.3) is 0 Å². The minimum absolute atomic E-state index is 0. The maximum Gasteiger partial charge on any atom is 0 e. The van der Waals surface area contributed by atoms with Gasteiger partial charge >= 0.3 is 0 Å². The SMILES string of the molecule is CC.CC.CC.CC.CC.CC.CCC.CCC.CCC.[CH3-].[CH3-].[CH3-].[CH3-].[CH3-].[CH3-].[CH3-].[CH3-].[CH3-].[CH3-].[CH3-].[CH3-].[Y].[Y].[Y].[Y].[Y].[Y].[Y].[Y].[Y].[Y].[Y].[Y].c1ccccc1.c1ccccc1.c1ccccc1.c1ccccc1.c1ccccc1.c1ccccc1. The molecule has 0 heterocycles. The smallest absolute Gasteiger partial charge is 0 e. The number of hydrogen-bond donors (Lipinski definition) is 0. The van der Waals surface area contributed by atoms with E-state index >= 15 is 0 Å². The van der Waals surface area contributed by atoms with E-state index in [0.717, 1.165) is 0 Å². The Morgan fingerprint density at radius 3 is 0.136 bits per heavy atom. The minimum atomic E-state index is 0. The summed E-state index contributed by atoms with van der Waals surface area (Å²) in [4.78, 5) is 0. The third kappa shape index (κ3) is 334. The van der Waals surface area contributed by atoms with Crippen molar-refractivity contribution < 1.29 is 393 Å². The second-order valence-electron chi connectivity index (χ2n) is 9.05. The quantitative estimate of drug-likeness (QED) is 0.133. The largest absolute Gasteiger partial charge is 0.358 e. The molecule has 0 fully saturated rings. The molecule has 0 spiro atoms. The van der Waals surface area contributed by atoms with Gasteiger partial charge in [-0.15, -0.1) is 0 Å². The van der Waals surface area contributed by atoms with Gasteiger partial charge in [-0.1, -0.05) is 362 Å². The first kappa shape index (κ1) is 220. The zero-order valence-corrected chi connectivity index (χ0v) is 93.9. The molecule has 12 radical (unpaired) electrons. The fraction of sp³-hybridized carbons (Fsp3) is 0.304. The van der Waals surface area contributed by atoms with Crippen LogP contribution in [0.3, 0.4) is 0 Å². The Morgan fingerprint density at radius 1 is 0.111 bits per heavy atom. The zero-order chi connectivity index (χ0) is 45.6. The minimum Gasteiger partial charge on any atom is -0.358 e. The molecule has 0 unspecified atom stereocenters. The topological polar surface area (TPSA) is 0 Å². The van der Waals surface area contributed by atoms with Gasteiger partial charge in [-0.3, -0.25) is 0 Å². The maximum absolute atomic E-state index is 2.12. The van der Waals surface area contributed by atoms with Crippen LogP contribution in [0.2, 0.25) is 0 Å². The van der Waals surface area contributed by atoms with Gasteiger partial charge in [0.1, 0.15) is 0 Å². The van der Waals surface area contributed by atoms with Crippen molar-refractivity contribution in [3.05, 3.63) is 308 Å². The Labute approximate surface area is 826 Å². The summed E-state index contributed by atoms with van der Waals surface area (Å²) in [7, 11) is 0. The van der Waals surface area contributed by atoms with Crippen LogP contribution in [0.4, 0.5) is 0 Å². The normalized spacial score (nSPS) is 4.67. The molecule has 0 atom stereocenters. The predicted octanol–water partition coefficient (Wildman–Crippen LogP) is 25.9. The zero-order valence-electron chi connectivity index (χ0n) is 59.8. The van der Waals surface area contributed by atoms with Gasteiger partial charge in [0, 0.05) is 393 Å². The summed E-state index contributed by atoms with van der Waals surface area (Å²) < 4.78 is 0. The van der Waals surface area contributed by atoms with Crippen molar-refractivity contribution in [3.63, 3.8) is 0 Å². The molecule has 0 bridgehead atoms. The summed E-state index contributed by atoms with van der Waals surface area (Å²) in [5, 5.41) is 0. The number of rotatable bonds is 0. The van der Waals surface area contributed by atoms with Crippen molar-refractivity contribution in [2.45, 2.75) is 144 Å². The van der Waals surface area contributed by atoms with E-state index in [0.29, 0.717) is 0 Å². The average molecular weight is 2030 g/mol. The molecule has 0 nitrogen and oxygen atoms in total.